The Morgan fingerprint density at radius 3 is 2.31 bits per heavy atom. The lowest BCUT2D eigenvalue weighted by molar-refractivity contribution is 0.0945. The first-order valence-electron chi connectivity index (χ1n) is 8.15. The van der Waals surface area contributed by atoms with Gasteiger partial charge < -0.3 is 5.32 Å². The van der Waals surface area contributed by atoms with Crippen molar-refractivity contribution in [2.45, 2.75) is 11.4 Å². The Hall–Kier alpha value is -3.15. The fraction of sp³-hybridized carbons (Fsp3) is 0.0556. The molecule has 0 saturated carbocycles. The summed E-state index contributed by atoms with van der Waals surface area (Å²) in [5.41, 5.74) is 1.05. The summed E-state index contributed by atoms with van der Waals surface area (Å²) in [5.74, 6) is -1.32. The lowest BCUT2D eigenvalue weighted by Crippen LogP contribution is -2.23. The van der Waals surface area contributed by atoms with Gasteiger partial charge in [0.15, 0.2) is 5.13 Å². The summed E-state index contributed by atoms with van der Waals surface area (Å²) < 4.78 is 35.4. The first-order valence-corrected chi connectivity index (χ1v) is 10.6. The number of primary sulfonamides is 1. The maximum atomic E-state index is 12.9. The average molecular weight is 434 g/mol. The molecular weight excluding hydrogens is 419 g/mol. The molecule has 29 heavy (non-hydrogen) atoms. The molecular formula is C18H15FN4O4S2. The molecule has 0 spiro atoms. The van der Waals surface area contributed by atoms with Crippen molar-refractivity contribution in [2.75, 3.05) is 5.32 Å². The van der Waals surface area contributed by atoms with Crippen LogP contribution in [0, 0.1) is 5.82 Å². The molecule has 0 atom stereocenters. The Morgan fingerprint density at radius 1 is 1.03 bits per heavy atom. The number of amides is 2. The van der Waals surface area contributed by atoms with Gasteiger partial charge in [0.2, 0.25) is 10.0 Å². The van der Waals surface area contributed by atoms with Gasteiger partial charge in [-0.05, 0) is 42.0 Å². The van der Waals surface area contributed by atoms with E-state index in [1.54, 1.807) is 12.1 Å². The standard InChI is InChI=1S/C18H15FN4O4S2/c19-13-5-1-11(2-6-13)9-21-17(25)15-10-28-18(22-15)23-16(24)12-3-7-14(8-4-12)29(20,26)27/h1-8,10H,9H2,(H,21,25)(H2,20,26,27)(H,22,23,24). The zero-order valence-electron chi connectivity index (χ0n) is 14.8. The molecule has 11 heteroatoms. The fourth-order valence-electron chi connectivity index (χ4n) is 2.28. The number of anilines is 1. The number of nitrogens with zero attached hydrogens (tertiary/aromatic N) is 1. The maximum absolute atomic E-state index is 12.9. The molecule has 0 saturated heterocycles. The third-order valence-electron chi connectivity index (χ3n) is 3.77. The Bertz CT molecular complexity index is 1140. The lowest BCUT2D eigenvalue weighted by Gasteiger charge is -2.04. The zero-order chi connectivity index (χ0) is 21.0. The van der Waals surface area contributed by atoms with E-state index in [-0.39, 0.29) is 33.6 Å². The van der Waals surface area contributed by atoms with Crippen LogP contribution in [0.2, 0.25) is 0 Å². The van der Waals surface area contributed by atoms with Gasteiger partial charge in [-0.2, -0.15) is 0 Å². The minimum Gasteiger partial charge on any atom is -0.347 e. The zero-order valence-corrected chi connectivity index (χ0v) is 16.4. The van der Waals surface area contributed by atoms with E-state index in [2.05, 4.69) is 15.6 Å². The number of hydrogen-bond donors (Lipinski definition) is 3. The van der Waals surface area contributed by atoms with Crippen molar-refractivity contribution in [2.24, 2.45) is 5.14 Å². The molecule has 0 fully saturated rings. The van der Waals surface area contributed by atoms with Crippen LogP contribution in [0.15, 0.2) is 58.8 Å². The molecule has 3 rings (SSSR count). The number of hydrogen-bond acceptors (Lipinski definition) is 6. The smallest absolute Gasteiger partial charge is 0.271 e. The molecule has 2 aromatic carbocycles. The normalized spacial score (nSPS) is 11.1. The molecule has 0 bridgehead atoms. The van der Waals surface area contributed by atoms with E-state index in [1.807, 2.05) is 0 Å². The number of sulfonamides is 1. The van der Waals surface area contributed by atoms with E-state index in [4.69, 9.17) is 5.14 Å². The third-order valence-corrected chi connectivity index (χ3v) is 5.46. The molecule has 0 aliphatic heterocycles. The van der Waals surface area contributed by atoms with Gasteiger partial charge in [0.05, 0.1) is 4.90 Å². The number of halogens is 1. The van der Waals surface area contributed by atoms with E-state index in [0.29, 0.717) is 0 Å². The summed E-state index contributed by atoms with van der Waals surface area (Å²) in [6.45, 7) is 0.203. The monoisotopic (exact) mass is 434 g/mol. The van der Waals surface area contributed by atoms with Crippen molar-refractivity contribution in [3.63, 3.8) is 0 Å². The number of aromatic nitrogens is 1. The van der Waals surface area contributed by atoms with Crippen LogP contribution in [0.25, 0.3) is 0 Å². The highest BCUT2D eigenvalue weighted by atomic mass is 32.2. The predicted molar refractivity (Wildman–Crippen MR) is 105 cm³/mol. The van der Waals surface area contributed by atoms with Gasteiger partial charge in [0, 0.05) is 17.5 Å². The highest BCUT2D eigenvalue weighted by Gasteiger charge is 2.14. The molecule has 8 nitrogen and oxygen atoms in total. The highest BCUT2D eigenvalue weighted by molar-refractivity contribution is 7.89. The Balaban J connectivity index is 1.59. The van der Waals surface area contributed by atoms with E-state index in [1.165, 1.54) is 41.8 Å². The number of thiazole rings is 1. The average Bonchev–Trinajstić information content (AvgIpc) is 3.15. The van der Waals surface area contributed by atoms with Crippen LogP contribution in [0.4, 0.5) is 9.52 Å². The van der Waals surface area contributed by atoms with Crippen molar-refractivity contribution in [3.8, 4) is 0 Å². The van der Waals surface area contributed by atoms with Crippen molar-refractivity contribution >= 4 is 38.3 Å². The highest BCUT2D eigenvalue weighted by Crippen LogP contribution is 2.17. The topological polar surface area (TPSA) is 131 Å². The molecule has 0 aliphatic rings. The van der Waals surface area contributed by atoms with Gasteiger partial charge in [-0.3, -0.25) is 14.9 Å². The summed E-state index contributed by atoms with van der Waals surface area (Å²) in [6, 6.07) is 10.8. The minimum atomic E-state index is -3.84. The third kappa shape index (κ3) is 5.44. The Morgan fingerprint density at radius 2 is 1.69 bits per heavy atom. The number of nitrogens with one attached hydrogen (secondary N) is 2. The van der Waals surface area contributed by atoms with Crippen LogP contribution in [0.5, 0.6) is 0 Å². The second-order valence-corrected chi connectivity index (χ2v) is 8.29. The van der Waals surface area contributed by atoms with Crippen LogP contribution in [-0.4, -0.2) is 25.2 Å². The van der Waals surface area contributed by atoms with Crippen LogP contribution >= 0.6 is 11.3 Å². The molecule has 0 unspecified atom stereocenters. The quantitative estimate of drug-likeness (QED) is 0.547. The van der Waals surface area contributed by atoms with Crippen LogP contribution in [-0.2, 0) is 16.6 Å². The lowest BCUT2D eigenvalue weighted by atomic mass is 10.2. The molecule has 4 N–H and O–H groups in total. The minimum absolute atomic E-state index is 0.108. The van der Waals surface area contributed by atoms with Gasteiger partial charge >= 0.3 is 0 Å². The maximum Gasteiger partial charge on any atom is 0.271 e. The number of rotatable bonds is 6. The van der Waals surface area contributed by atoms with Crippen molar-refractivity contribution < 1.29 is 22.4 Å². The Kier molecular flexibility index (Phi) is 6.01. The Labute approximate surface area is 169 Å². The van der Waals surface area contributed by atoms with Crippen molar-refractivity contribution in [3.05, 3.63) is 76.5 Å². The second-order valence-electron chi connectivity index (χ2n) is 5.87. The van der Waals surface area contributed by atoms with E-state index >= 15 is 0 Å². The van der Waals surface area contributed by atoms with Crippen molar-refractivity contribution in [1.82, 2.24) is 10.3 Å². The summed E-state index contributed by atoms with van der Waals surface area (Å²) in [5, 5.41) is 11.9. The summed E-state index contributed by atoms with van der Waals surface area (Å²) in [7, 11) is -3.84. The molecule has 150 valence electrons. The number of benzene rings is 2. The largest absolute Gasteiger partial charge is 0.347 e. The van der Waals surface area contributed by atoms with Gasteiger partial charge in [0.25, 0.3) is 11.8 Å². The molecule has 2 amide bonds. The van der Waals surface area contributed by atoms with E-state index in [0.717, 1.165) is 16.9 Å². The number of nitrogens with two attached hydrogens (primary N) is 1. The molecule has 1 aromatic heterocycles. The van der Waals surface area contributed by atoms with Crippen LogP contribution < -0.4 is 15.8 Å². The van der Waals surface area contributed by atoms with Gasteiger partial charge in [-0.1, -0.05) is 12.1 Å². The van der Waals surface area contributed by atoms with Gasteiger partial charge in [0.1, 0.15) is 11.5 Å². The fourth-order valence-corrected chi connectivity index (χ4v) is 3.48. The van der Waals surface area contributed by atoms with Crippen LogP contribution in [0.3, 0.4) is 0 Å². The molecule has 0 radical (unpaired) electrons. The first-order chi connectivity index (χ1) is 13.7. The summed E-state index contributed by atoms with van der Waals surface area (Å²) in [6.07, 6.45) is 0. The first kappa shape index (κ1) is 20.6. The molecule has 3 aromatic rings. The number of carbonyl (C=O) groups excluding carboxylic acids is 2. The van der Waals surface area contributed by atoms with Crippen molar-refractivity contribution in [1.29, 1.82) is 0 Å². The molecule has 0 aliphatic carbocycles. The number of carbonyl (C=O) groups is 2. The summed E-state index contributed by atoms with van der Waals surface area (Å²) in [4.78, 5) is 28.3. The SMILES string of the molecule is NS(=O)(=O)c1ccc(C(=O)Nc2nc(C(=O)NCc3ccc(F)cc3)cs2)cc1. The predicted octanol–water partition coefficient (Wildman–Crippen LogP) is 2.11. The summed E-state index contributed by atoms with van der Waals surface area (Å²) >= 11 is 1.06. The van der Waals surface area contributed by atoms with E-state index < -0.39 is 21.8 Å². The van der Waals surface area contributed by atoms with Gasteiger partial charge in [-0.25, -0.2) is 22.9 Å². The second kappa shape index (κ2) is 8.47. The van der Waals surface area contributed by atoms with E-state index in [9.17, 15) is 22.4 Å². The molecule has 1 heterocycles. The van der Waals surface area contributed by atoms with Crippen LogP contribution in [0.1, 0.15) is 26.4 Å². The van der Waals surface area contributed by atoms with Gasteiger partial charge in [-0.15, -0.1) is 11.3 Å².